The highest BCUT2D eigenvalue weighted by molar-refractivity contribution is 7.92. The number of aromatic nitrogens is 5. The molecule has 3 N–H and O–H groups in total. The van der Waals surface area contributed by atoms with Crippen molar-refractivity contribution in [2.24, 2.45) is 13.0 Å². The summed E-state index contributed by atoms with van der Waals surface area (Å²) in [5.74, 6) is 0.981. The molecule has 57 heavy (non-hydrogen) atoms. The van der Waals surface area contributed by atoms with Crippen LogP contribution in [-0.2, 0) is 40.8 Å². The zero-order valence-corrected chi connectivity index (χ0v) is 31.2. The van der Waals surface area contributed by atoms with E-state index in [0.717, 1.165) is 18.4 Å². The van der Waals surface area contributed by atoms with Crippen LogP contribution in [0.25, 0.3) is 22.0 Å². The number of nitrogens with one attached hydrogen (secondary N) is 2. The summed E-state index contributed by atoms with van der Waals surface area (Å²) in [7, 11) is -2.31. The molecule has 0 bridgehead atoms. The summed E-state index contributed by atoms with van der Waals surface area (Å²) < 4.78 is 117. The van der Waals surface area contributed by atoms with Crippen LogP contribution in [0.2, 0.25) is 5.02 Å². The molecule has 1 amide bonds. The molecule has 0 saturated heterocycles. The normalized spacial score (nSPS) is 18.8. The molecule has 11 nitrogen and oxygen atoms in total. The van der Waals surface area contributed by atoms with Gasteiger partial charge in [-0.2, -0.15) is 19.0 Å². The highest BCUT2D eigenvalue weighted by atomic mass is 35.5. The topological polar surface area (TPSA) is 144 Å². The summed E-state index contributed by atoms with van der Waals surface area (Å²) in [5, 5.41) is 21.5. The molecule has 2 aromatic carbocycles. The van der Waals surface area contributed by atoms with E-state index in [-0.39, 0.29) is 45.2 Å². The largest absolute Gasteiger partial charge is 0.378 e. The summed E-state index contributed by atoms with van der Waals surface area (Å²) in [6.07, 6.45) is -1.80. The second-order valence-corrected chi connectivity index (χ2v) is 16.3. The van der Waals surface area contributed by atoms with E-state index in [4.69, 9.17) is 16.6 Å². The quantitative estimate of drug-likeness (QED) is 0.118. The van der Waals surface area contributed by atoms with Gasteiger partial charge in [0, 0.05) is 29.8 Å². The molecule has 294 valence electrons. The first-order valence-electron chi connectivity index (χ1n) is 17.2. The average Bonchev–Trinajstić information content (AvgIpc) is 3.51. The number of benzene rings is 2. The third kappa shape index (κ3) is 7.06. The number of fused-ring (bicyclic) bond motifs is 4. The molecule has 0 unspecified atom stereocenters. The SMILES string of the molecule is Cn1nc(NS(C)(=O)=O)c2c(Cl)ccc(-c3ccc(C#CC4(O)CC4)nc3[C@H](Cc3cc(F)cc(F)c3)NC(=O)Cn3nc(C(F)F)c4c3C(F)(F)[C@@H]3C#C[C@H]43)c21. The number of halogens is 7. The van der Waals surface area contributed by atoms with Gasteiger partial charge in [0.1, 0.15) is 46.8 Å². The van der Waals surface area contributed by atoms with E-state index in [0.29, 0.717) is 34.7 Å². The number of alkyl halides is 4. The Labute approximate surface area is 325 Å². The van der Waals surface area contributed by atoms with Crippen LogP contribution < -0.4 is 10.0 Å². The van der Waals surface area contributed by atoms with E-state index in [1.54, 1.807) is 12.1 Å². The smallest absolute Gasteiger partial charge is 0.304 e. The summed E-state index contributed by atoms with van der Waals surface area (Å²) in [5.41, 5.74) is -2.33. The zero-order valence-electron chi connectivity index (χ0n) is 29.6. The lowest BCUT2D eigenvalue weighted by atomic mass is 9.84. The van der Waals surface area contributed by atoms with E-state index >= 15 is 8.78 Å². The van der Waals surface area contributed by atoms with Crippen LogP contribution in [0, 0.1) is 41.2 Å². The van der Waals surface area contributed by atoms with Crippen molar-refractivity contribution >= 4 is 44.3 Å². The number of aliphatic hydroxyl groups is 1. The Kier molecular flexibility index (Phi) is 9.10. The van der Waals surface area contributed by atoms with Gasteiger partial charge >= 0.3 is 5.92 Å². The van der Waals surface area contributed by atoms with Crippen LogP contribution in [0.4, 0.5) is 32.2 Å². The Morgan fingerprint density at radius 2 is 1.77 bits per heavy atom. The number of nitrogens with zero attached hydrogens (tertiary/aromatic N) is 5. The minimum absolute atomic E-state index is 0.0285. The Bertz CT molecular complexity index is 2760. The van der Waals surface area contributed by atoms with Crippen LogP contribution in [-0.4, -0.2) is 55.8 Å². The highest BCUT2D eigenvalue weighted by Gasteiger charge is 2.60. The van der Waals surface area contributed by atoms with Gasteiger partial charge in [-0.15, -0.1) is 0 Å². The van der Waals surface area contributed by atoms with Crippen LogP contribution in [0.1, 0.15) is 65.1 Å². The molecule has 0 radical (unpaired) electrons. The number of carbonyl (C=O) groups is 1. The molecule has 0 spiro atoms. The minimum atomic E-state index is -3.83. The number of anilines is 1. The van der Waals surface area contributed by atoms with E-state index < -0.39 is 86.9 Å². The van der Waals surface area contributed by atoms with Gasteiger partial charge in [-0.05, 0) is 61.1 Å². The van der Waals surface area contributed by atoms with Gasteiger partial charge in [-0.1, -0.05) is 35.4 Å². The molecule has 3 aliphatic carbocycles. The van der Waals surface area contributed by atoms with Crippen LogP contribution >= 0.6 is 11.6 Å². The van der Waals surface area contributed by atoms with Gasteiger partial charge in [0.2, 0.25) is 15.9 Å². The van der Waals surface area contributed by atoms with Crippen molar-refractivity contribution in [2.75, 3.05) is 11.0 Å². The summed E-state index contributed by atoms with van der Waals surface area (Å²) in [6.45, 7) is -0.965. The second kappa shape index (κ2) is 13.5. The Hall–Kier alpha value is -5.56. The van der Waals surface area contributed by atoms with Gasteiger partial charge in [0.25, 0.3) is 6.43 Å². The van der Waals surface area contributed by atoms with Crippen molar-refractivity contribution < 1.29 is 44.7 Å². The molecule has 1 saturated carbocycles. The number of hydrogen-bond acceptors (Lipinski definition) is 7. The van der Waals surface area contributed by atoms with Crippen molar-refractivity contribution in [3.05, 3.63) is 93.0 Å². The fourth-order valence-corrected chi connectivity index (χ4v) is 7.96. The minimum Gasteiger partial charge on any atom is -0.378 e. The number of rotatable bonds is 10. The lowest BCUT2D eigenvalue weighted by molar-refractivity contribution is -0.123. The molecule has 5 aromatic rings. The fourth-order valence-electron chi connectivity index (χ4n) is 7.22. The lowest BCUT2D eigenvalue weighted by Gasteiger charge is -2.24. The molecular formula is C38H28ClF6N7O4S. The van der Waals surface area contributed by atoms with Gasteiger partial charge in [-0.25, -0.2) is 31.0 Å². The monoisotopic (exact) mass is 827 g/mol. The molecule has 3 aliphatic rings. The molecule has 3 atom stereocenters. The van der Waals surface area contributed by atoms with Crippen LogP contribution in [0.5, 0.6) is 0 Å². The molecule has 0 aliphatic heterocycles. The molecule has 19 heteroatoms. The fraction of sp³-hybridized carbons (Fsp3) is 0.316. The number of sulfonamides is 1. The van der Waals surface area contributed by atoms with Gasteiger partial charge in [-0.3, -0.25) is 18.9 Å². The molecular weight excluding hydrogens is 800 g/mol. The first-order valence-corrected chi connectivity index (χ1v) is 19.5. The lowest BCUT2D eigenvalue weighted by Crippen LogP contribution is -2.36. The van der Waals surface area contributed by atoms with Crippen LogP contribution in [0.3, 0.4) is 0 Å². The van der Waals surface area contributed by atoms with Crippen LogP contribution in [0.15, 0.2) is 42.5 Å². The van der Waals surface area contributed by atoms with Crippen molar-refractivity contribution in [1.82, 2.24) is 29.9 Å². The Morgan fingerprint density at radius 1 is 1.07 bits per heavy atom. The van der Waals surface area contributed by atoms with E-state index in [2.05, 4.69) is 43.9 Å². The first-order chi connectivity index (χ1) is 26.8. The number of amides is 1. The zero-order chi connectivity index (χ0) is 40.8. The standard InChI is InChI=1S/C38H28ClF6N7O4S/c1-51-33-23(6-8-26(39)30(33)36(49-51)50-57(2,55)56)22-4-3-21(9-10-37(54)11-12-37)46-31(22)27(15-18-13-19(40)16-20(41)14-18)47-28(53)17-52-34-29(32(48-52)35(42)43)24-5-7-25(24)38(34,44)45/h3-4,6,8,13-14,16,24-25,27,35,54H,11-12,15,17H2,1-2H3,(H,47,53)(H,49,50)/t24-,25+,27-/m0/s1. The van der Waals surface area contributed by atoms with Crippen molar-refractivity contribution in [1.29, 1.82) is 0 Å². The third-order valence-corrected chi connectivity index (χ3v) is 10.8. The Morgan fingerprint density at radius 3 is 2.40 bits per heavy atom. The Balaban J connectivity index is 1.27. The summed E-state index contributed by atoms with van der Waals surface area (Å²) in [4.78, 5) is 18.7. The average molecular weight is 828 g/mol. The molecule has 3 aromatic heterocycles. The maximum Gasteiger partial charge on any atom is 0.304 e. The number of aryl methyl sites for hydroxylation is 1. The number of pyridine rings is 1. The highest BCUT2D eigenvalue weighted by Crippen LogP contribution is 2.57. The van der Waals surface area contributed by atoms with E-state index in [1.165, 1.54) is 23.9 Å². The number of hydrogen-bond donors (Lipinski definition) is 3. The summed E-state index contributed by atoms with van der Waals surface area (Å²) >= 11 is 6.58. The van der Waals surface area contributed by atoms with Gasteiger partial charge in [0.15, 0.2) is 5.82 Å². The third-order valence-electron chi connectivity index (χ3n) is 9.87. The summed E-state index contributed by atoms with van der Waals surface area (Å²) in [6, 6.07) is 7.49. The first kappa shape index (κ1) is 38.3. The molecule has 3 heterocycles. The predicted molar refractivity (Wildman–Crippen MR) is 195 cm³/mol. The maximum absolute atomic E-state index is 15.5. The van der Waals surface area contributed by atoms with Crippen molar-refractivity contribution in [2.45, 2.75) is 55.7 Å². The van der Waals surface area contributed by atoms with Crippen molar-refractivity contribution in [3.8, 4) is 34.8 Å². The number of carbonyl (C=O) groups excluding carboxylic acids is 1. The van der Waals surface area contributed by atoms with E-state index in [9.17, 15) is 35.9 Å². The van der Waals surface area contributed by atoms with Crippen molar-refractivity contribution in [3.63, 3.8) is 0 Å². The van der Waals surface area contributed by atoms with Gasteiger partial charge < -0.3 is 10.4 Å². The maximum atomic E-state index is 15.5. The second-order valence-electron chi connectivity index (χ2n) is 14.2. The van der Waals surface area contributed by atoms with Gasteiger partial charge in [0.05, 0.1) is 39.8 Å². The molecule has 8 rings (SSSR count). The van der Waals surface area contributed by atoms with E-state index in [1.807, 2.05) is 0 Å². The predicted octanol–water partition coefficient (Wildman–Crippen LogP) is 5.87. The molecule has 1 fully saturated rings.